The van der Waals surface area contributed by atoms with E-state index in [0.717, 1.165) is 35.1 Å². The SMILES string of the molecule is C=C1C=C(CN(C)C)Oc2c1c(OC)c1ccoc1c2OCCCc1ccccc1. The van der Waals surface area contributed by atoms with Crippen molar-refractivity contribution in [3.05, 3.63) is 72.2 Å². The summed E-state index contributed by atoms with van der Waals surface area (Å²) in [5.74, 6) is 2.71. The van der Waals surface area contributed by atoms with E-state index < -0.39 is 0 Å². The van der Waals surface area contributed by atoms with Crippen molar-refractivity contribution in [1.29, 1.82) is 0 Å². The first kappa shape index (κ1) is 20.1. The van der Waals surface area contributed by atoms with Gasteiger partial charge in [0.25, 0.3) is 0 Å². The lowest BCUT2D eigenvalue weighted by Gasteiger charge is -2.25. The average molecular weight is 405 g/mol. The maximum atomic E-state index is 6.27. The lowest BCUT2D eigenvalue weighted by atomic mass is 9.98. The number of hydrogen-bond donors (Lipinski definition) is 0. The van der Waals surface area contributed by atoms with Gasteiger partial charge in [-0.1, -0.05) is 36.9 Å². The predicted molar refractivity (Wildman–Crippen MR) is 119 cm³/mol. The lowest BCUT2D eigenvalue weighted by Crippen LogP contribution is -2.20. The molecular weight excluding hydrogens is 378 g/mol. The van der Waals surface area contributed by atoms with Gasteiger partial charge in [0, 0.05) is 0 Å². The number of furan rings is 1. The lowest BCUT2D eigenvalue weighted by molar-refractivity contribution is 0.278. The van der Waals surface area contributed by atoms with Crippen molar-refractivity contribution >= 4 is 16.5 Å². The Bertz CT molecular complexity index is 1080. The van der Waals surface area contributed by atoms with Crippen LogP contribution in [0.25, 0.3) is 16.5 Å². The monoisotopic (exact) mass is 405 g/mol. The zero-order valence-corrected chi connectivity index (χ0v) is 17.7. The Balaban J connectivity index is 1.65. The molecule has 0 saturated carbocycles. The molecule has 5 heteroatoms. The van der Waals surface area contributed by atoms with Crippen molar-refractivity contribution in [1.82, 2.24) is 4.90 Å². The molecule has 0 N–H and O–H groups in total. The first-order valence-electron chi connectivity index (χ1n) is 10.1. The van der Waals surface area contributed by atoms with E-state index in [4.69, 9.17) is 18.6 Å². The molecule has 0 radical (unpaired) electrons. The molecule has 0 saturated heterocycles. The Hall–Kier alpha value is -3.18. The molecule has 2 aromatic carbocycles. The van der Waals surface area contributed by atoms with Crippen LogP contribution in [0, 0.1) is 0 Å². The van der Waals surface area contributed by atoms with E-state index in [1.54, 1.807) is 13.4 Å². The summed E-state index contributed by atoms with van der Waals surface area (Å²) in [5.41, 5.74) is 3.57. The van der Waals surface area contributed by atoms with E-state index >= 15 is 0 Å². The molecule has 0 spiro atoms. The van der Waals surface area contributed by atoms with Gasteiger partial charge in [-0.2, -0.15) is 0 Å². The molecule has 3 aromatic rings. The number of fused-ring (bicyclic) bond motifs is 2. The molecule has 0 atom stereocenters. The Kier molecular flexibility index (Phi) is 5.81. The third-order valence-electron chi connectivity index (χ3n) is 5.04. The third-order valence-corrected chi connectivity index (χ3v) is 5.04. The fourth-order valence-corrected chi connectivity index (χ4v) is 3.76. The number of hydrogen-bond acceptors (Lipinski definition) is 5. The number of aryl methyl sites for hydroxylation is 1. The summed E-state index contributed by atoms with van der Waals surface area (Å²) >= 11 is 0. The standard InChI is InChI=1S/C25H27NO4/c1-17-15-19(16-26(2)3)30-24-21(17)22(27-4)20-12-14-29-23(20)25(24)28-13-8-11-18-9-6-5-7-10-18/h5-7,9-10,12,14-15H,1,8,11,13,16H2,2-4H3. The Morgan fingerprint density at radius 2 is 1.87 bits per heavy atom. The highest BCUT2D eigenvalue weighted by Crippen LogP contribution is 2.51. The summed E-state index contributed by atoms with van der Waals surface area (Å²) in [6.45, 7) is 5.45. The molecule has 0 fully saturated rings. The number of methoxy groups -OCH3 is 1. The van der Waals surface area contributed by atoms with E-state index in [9.17, 15) is 0 Å². The molecule has 4 rings (SSSR count). The number of likely N-dealkylation sites (N-methyl/N-ethyl adjacent to an activating group) is 1. The van der Waals surface area contributed by atoms with Crippen LogP contribution in [0.15, 0.2) is 65.5 Å². The highest BCUT2D eigenvalue weighted by atomic mass is 16.5. The van der Waals surface area contributed by atoms with Gasteiger partial charge in [-0.15, -0.1) is 0 Å². The van der Waals surface area contributed by atoms with Crippen LogP contribution in [0.3, 0.4) is 0 Å². The normalized spacial score (nSPS) is 13.2. The van der Waals surface area contributed by atoms with Crippen LogP contribution < -0.4 is 14.2 Å². The van der Waals surface area contributed by atoms with Gasteiger partial charge >= 0.3 is 0 Å². The van der Waals surface area contributed by atoms with Gasteiger partial charge < -0.3 is 23.5 Å². The molecule has 2 heterocycles. The minimum atomic E-state index is 0.548. The van der Waals surface area contributed by atoms with Gasteiger partial charge in [0.15, 0.2) is 11.3 Å². The zero-order valence-electron chi connectivity index (χ0n) is 17.7. The number of benzene rings is 2. The van der Waals surface area contributed by atoms with Gasteiger partial charge in [-0.3, -0.25) is 0 Å². The minimum absolute atomic E-state index is 0.548. The van der Waals surface area contributed by atoms with E-state index in [0.29, 0.717) is 36.0 Å². The van der Waals surface area contributed by atoms with Crippen LogP contribution in [-0.2, 0) is 6.42 Å². The highest BCUT2D eigenvalue weighted by Gasteiger charge is 2.29. The van der Waals surface area contributed by atoms with Crippen molar-refractivity contribution in [2.75, 3.05) is 34.4 Å². The molecular formula is C25H27NO4. The molecule has 0 aliphatic carbocycles. The Labute approximate surface area is 177 Å². The minimum Gasteiger partial charge on any atom is -0.495 e. The van der Waals surface area contributed by atoms with Gasteiger partial charge in [0.2, 0.25) is 5.75 Å². The topological polar surface area (TPSA) is 44.1 Å². The summed E-state index contributed by atoms with van der Waals surface area (Å²) in [4.78, 5) is 2.05. The summed E-state index contributed by atoms with van der Waals surface area (Å²) < 4.78 is 24.0. The van der Waals surface area contributed by atoms with Crippen LogP contribution in [-0.4, -0.2) is 39.3 Å². The summed E-state index contributed by atoms with van der Waals surface area (Å²) in [6.07, 6.45) is 5.43. The van der Waals surface area contributed by atoms with Crippen molar-refractivity contribution in [2.24, 2.45) is 0 Å². The van der Waals surface area contributed by atoms with Gasteiger partial charge in [0.1, 0.15) is 11.5 Å². The van der Waals surface area contributed by atoms with Crippen molar-refractivity contribution in [3.63, 3.8) is 0 Å². The van der Waals surface area contributed by atoms with Crippen LogP contribution >= 0.6 is 0 Å². The van der Waals surface area contributed by atoms with Gasteiger partial charge in [-0.05, 0) is 50.2 Å². The van der Waals surface area contributed by atoms with Crippen molar-refractivity contribution < 1.29 is 18.6 Å². The Morgan fingerprint density at radius 3 is 2.60 bits per heavy atom. The van der Waals surface area contributed by atoms with Crippen LogP contribution in [0.1, 0.15) is 17.5 Å². The molecule has 30 heavy (non-hydrogen) atoms. The molecule has 0 unspecified atom stereocenters. The van der Waals surface area contributed by atoms with Crippen LogP contribution in [0.2, 0.25) is 0 Å². The summed E-state index contributed by atoms with van der Waals surface area (Å²) in [7, 11) is 5.65. The number of ether oxygens (including phenoxy) is 3. The molecule has 156 valence electrons. The fraction of sp³-hybridized carbons (Fsp3) is 0.280. The second-order valence-corrected chi connectivity index (χ2v) is 7.64. The van der Waals surface area contributed by atoms with Crippen LogP contribution in [0.4, 0.5) is 0 Å². The smallest absolute Gasteiger partial charge is 0.206 e. The molecule has 1 aliphatic heterocycles. The maximum absolute atomic E-state index is 6.27. The number of allylic oxidation sites excluding steroid dienone is 2. The molecule has 0 amide bonds. The summed E-state index contributed by atoms with van der Waals surface area (Å²) in [6, 6.07) is 12.3. The number of rotatable bonds is 8. The fourth-order valence-electron chi connectivity index (χ4n) is 3.76. The maximum Gasteiger partial charge on any atom is 0.206 e. The quantitative estimate of drug-likeness (QED) is 0.476. The van der Waals surface area contributed by atoms with E-state index in [2.05, 4.69) is 30.8 Å². The Morgan fingerprint density at radius 1 is 1.07 bits per heavy atom. The molecule has 1 aromatic heterocycles. The predicted octanol–water partition coefficient (Wildman–Crippen LogP) is 5.30. The third kappa shape index (κ3) is 3.94. The zero-order chi connectivity index (χ0) is 21.1. The average Bonchev–Trinajstić information content (AvgIpc) is 3.20. The highest BCUT2D eigenvalue weighted by molar-refractivity contribution is 6.00. The second-order valence-electron chi connectivity index (χ2n) is 7.64. The van der Waals surface area contributed by atoms with Crippen molar-refractivity contribution in [2.45, 2.75) is 12.8 Å². The molecule has 1 aliphatic rings. The second kappa shape index (κ2) is 8.67. The van der Waals surface area contributed by atoms with Crippen molar-refractivity contribution in [3.8, 4) is 17.2 Å². The molecule has 5 nitrogen and oxygen atoms in total. The number of nitrogens with zero attached hydrogens (tertiary/aromatic N) is 1. The van der Waals surface area contributed by atoms with Crippen LogP contribution in [0.5, 0.6) is 17.2 Å². The first-order valence-corrected chi connectivity index (χ1v) is 10.1. The summed E-state index contributed by atoms with van der Waals surface area (Å²) in [5, 5.41) is 0.850. The largest absolute Gasteiger partial charge is 0.495 e. The van der Waals surface area contributed by atoms with E-state index in [-0.39, 0.29) is 0 Å². The first-order chi connectivity index (χ1) is 14.6. The molecule has 0 bridgehead atoms. The van der Waals surface area contributed by atoms with Gasteiger partial charge in [0.05, 0.1) is 37.5 Å². The van der Waals surface area contributed by atoms with E-state index in [1.807, 2.05) is 37.2 Å². The van der Waals surface area contributed by atoms with E-state index in [1.165, 1.54) is 5.56 Å². The van der Waals surface area contributed by atoms with Gasteiger partial charge in [-0.25, -0.2) is 0 Å².